The molecule has 0 aliphatic heterocycles. The average molecular weight is 407 g/mol. The topological polar surface area (TPSA) is 94.8 Å². The van der Waals surface area contributed by atoms with E-state index in [1.54, 1.807) is 12.1 Å². The Labute approximate surface area is 173 Å². The summed E-state index contributed by atoms with van der Waals surface area (Å²) in [5.74, 6) is -0.0332. The zero-order chi connectivity index (χ0) is 21.3. The van der Waals surface area contributed by atoms with E-state index in [0.29, 0.717) is 23.4 Å². The number of anilines is 1. The van der Waals surface area contributed by atoms with Gasteiger partial charge in [-0.1, -0.05) is 30.3 Å². The Kier molecular flexibility index (Phi) is 7.00. The van der Waals surface area contributed by atoms with Gasteiger partial charge in [0.15, 0.2) is 6.61 Å². The van der Waals surface area contributed by atoms with Crippen molar-refractivity contribution in [3.05, 3.63) is 78.1 Å². The summed E-state index contributed by atoms with van der Waals surface area (Å²) in [6.07, 6.45) is 0.477. The maximum absolute atomic E-state index is 11.9. The molecular formula is C23H21NO6. The van der Waals surface area contributed by atoms with E-state index in [9.17, 15) is 14.4 Å². The minimum Gasteiger partial charge on any atom is -0.465 e. The standard InChI is InChI=1S/C23H21NO6/c1-28-23(27)17-7-9-18(10-8-17)24-21(25)15-29-22(26)14-12-19-11-13-20(30-19)16-5-3-2-4-6-16/h2-11,13H,12,14-15H2,1H3,(H,24,25). The lowest BCUT2D eigenvalue weighted by Crippen LogP contribution is -2.21. The van der Waals surface area contributed by atoms with Crippen LogP contribution in [0, 0.1) is 0 Å². The molecule has 0 radical (unpaired) electrons. The van der Waals surface area contributed by atoms with Crippen molar-refractivity contribution in [1.82, 2.24) is 0 Å². The number of furan rings is 1. The summed E-state index contributed by atoms with van der Waals surface area (Å²) < 4.78 is 15.4. The molecule has 1 aromatic heterocycles. The molecule has 7 nitrogen and oxygen atoms in total. The lowest BCUT2D eigenvalue weighted by Gasteiger charge is -2.07. The van der Waals surface area contributed by atoms with Gasteiger partial charge in [-0.2, -0.15) is 0 Å². The van der Waals surface area contributed by atoms with Gasteiger partial charge in [0.1, 0.15) is 11.5 Å². The number of hydrogen-bond acceptors (Lipinski definition) is 6. The minimum atomic E-state index is -0.496. The number of aryl methyl sites for hydroxylation is 1. The molecule has 0 fully saturated rings. The molecule has 0 spiro atoms. The number of ether oxygens (including phenoxy) is 2. The van der Waals surface area contributed by atoms with Crippen LogP contribution in [0.25, 0.3) is 11.3 Å². The SMILES string of the molecule is COC(=O)c1ccc(NC(=O)COC(=O)CCc2ccc(-c3ccccc3)o2)cc1. The molecule has 1 amide bonds. The van der Waals surface area contributed by atoms with Gasteiger partial charge in [0, 0.05) is 17.7 Å². The van der Waals surface area contributed by atoms with E-state index in [2.05, 4.69) is 10.1 Å². The molecule has 2 aromatic carbocycles. The van der Waals surface area contributed by atoms with Gasteiger partial charge in [-0.3, -0.25) is 9.59 Å². The number of carbonyl (C=O) groups is 3. The summed E-state index contributed by atoms with van der Waals surface area (Å²) in [5.41, 5.74) is 1.81. The third-order valence-electron chi connectivity index (χ3n) is 4.25. The number of esters is 2. The molecule has 3 aromatic rings. The fourth-order valence-electron chi connectivity index (χ4n) is 2.72. The second-order valence-electron chi connectivity index (χ2n) is 6.41. The van der Waals surface area contributed by atoms with Gasteiger partial charge in [-0.25, -0.2) is 4.79 Å². The molecule has 0 atom stereocenters. The quantitative estimate of drug-likeness (QED) is 0.570. The van der Waals surface area contributed by atoms with Gasteiger partial charge in [-0.15, -0.1) is 0 Å². The van der Waals surface area contributed by atoms with Crippen molar-refractivity contribution >= 4 is 23.5 Å². The maximum Gasteiger partial charge on any atom is 0.337 e. The molecule has 7 heteroatoms. The normalized spacial score (nSPS) is 10.3. The fourth-order valence-corrected chi connectivity index (χ4v) is 2.72. The first kappa shape index (κ1) is 20.9. The van der Waals surface area contributed by atoms with Crippen LogP contribution in [0.15, 0.2) is 71.1 Å². The third kappa shape index (κ3) is 5.81. The Morgan fingerprint density at radius 2 is 1.67 bits per heavy atom. The molecule has 0 unspecified atom stereocenters. The maximum atomic E-state index is 11.9. The van der Waals surface area contributed by atoms with E-state index >= 15 is 0 Å². The van der Waals surface area contributed by atoms with Gasteiger partial charge in [0.05, 0.1) is 19.1 Å². The molecule has 1 N–H and O–H groups in total. The average Bonchev–Trinajstić information content (AvgIpc) is 3.26. The first-order chi connectivity index (χ1) is 14.5. The predicted octanol–water partition coefficient (Wildman–Crippen LogP) is 3.85. The summed E-state index contributed by atoms with van der Waals surface area (Å²) in [4.78, 5) is 35.2. The number of amides is 1. The van der Waals surface area contributed by atoms with Crippen molar-refractivity contribution in [2.45, 2.75) is 12.8 Å². The molecule has 0 aliphatic carbocycles. The number of benzene rings is 2. The van der Waals surface area contributed by atoms with E-state index in [1.807, 2.05) is 42.5 Å². The summed E-state index contributed by atoms with van der Waals surface area (Å²) >= 11 is 0. The lowest BCUT2D eigenvalue weighted by atomic mass is 10.2. The Morgan fingerprint density at radius 3 is 2.37 bits per heavy atom. The summed E-state index contributed by atoms with van der Waals surface area (Å²) in [6, 6.07) is 19.5. The number of methoxy groups -OCH3 is 1. The fraction of sp³-hybridized carbons (Fsp3) is 0.174. The zero-order valence-electron chi connectivity index (χ0n) is 16.4. The van der Waals surface area contributed by atoms with Crippen molar-refractivity contribution in [3.63, 3.8) is 0 Å². The van der Waals surface area contributed by atoms with Crippen LogP contribution < -0.4 is 5.32 Å². The predicted molar refractivity (Wildman–Crippen MR) is 110 cm³/mol. The Balaban J connectivity index is 1.41. The summed E-state index contributed by atoms with van der Waals surface area (Å²) in [7, 11) is 1.29. The number of rotatable bonds is 8. The van der Waals surface area contributed by atoms with Gasteiger partial charge in [0.25, 0.3) is 5.91 Å². The highest BCUT2D eigenvalue weighted by Crippen LogP contribution is 2.22. The Hall–Kier alpha value is -3.87. The van der Waals surface area contributed by atoms with Gasteiger partial charge in [-0.05, 0) is 36.4 Å². The molecule has 154 valence electrons. The van der Waals surface area contributed by atoms with Gasteiger partial charge in [0.2, 0.25) is 0 Å². The zero-order valence-corrected chi connectivity index (χ0v) is 16.4. The molecule has 0 saturated carbocycles. The Morgan fingerprint density at radius 1 is 0.933 bits per heavy atom. The highest BCUT2D eigenvalue weighted by atomic mass is 16.5. The molecule has 0 aliphatic rings. The van der Waals surface area contributed by atoms with Crippen LogP contribution in [0.4, 0.5) is 5.69 Å². The molecular weight excluding hydrogens is 386 g/mol. The number of carbonyl (C=O) groups excluding carboxylic acids is 3. The number of hydrogen-bond donors (Lipinski definition) is 1. The van der Waals surface area contributed by atoms with Crippen molar-refractivity contribution in [3.8, 4) is 11.3 Å². The first-order valence-corrected chi connectivity index (χ1v) is 9.33. The largest absolute Gasteiger partial charge is 0.465 e. The van der Waals surface area contributed by atoms with E-state index in [-0.39, 0.29) is 6.42 Å². The highest BCUT2D eigenvalue weighted by Gasteiger charge is 2.11. The number of nitrogens with one attached hydrogen (secondary N) is 1. The van der Waals surface area contributed by atoms with Crippen LogP contribution in [0.3, 0.4) is 0 Å². The van der Waals surface area contributed by atoms with E-state index in [4.69, 9.17) is 9.15 Å². The van der Waals surface area contributed by atoms with Crippen molar-refractivity contribution in [2.24, 2.45) is 0 Å². The van der Waals surface area contributed by atoms with Crippen LogP contribution in [-0.2, 0) is 25.5 Å². The highest BCUT2D eigenvalue weighted by molar-refractivity contribution is 5.94. The van der Waals surface area contributed by atoms with Crippen molar-refractivity contribution in [2.75, 3.05) is 19.0 Å². The van der Waals surface area contributed by atoms with Crippen LogP contribution in [0.1, 0.15) is 22.5 Å². The molecule has 0 saturated heterocycles. The van der Waals surface area contributed by atoms with Gasteiger partial charge < -0.3 is 19.2 Å². The second-order valence-corrected chi connectivity index (χ2v) is 6.41. The minimum absolute atomic E-state index is 0.100. The van der Waals surface area contributed by atoms with Gasteiger partial charge >= 0.3 is 11.9 Å². The van der Waals surface area contributed by atoms with Crippen LogP contribution >= 0.6 is 0 Å². The van der Waals surface area contributed by atoms with Crippen molar-refractivity contribution in [1.29, 1.82) is 0 Å². The van der Waals surface area contributed by atoms with Crippen molar-refractivity contribution < 1.29 is 28.3 Å². The second kappa shape index (κ2) is 10.1. The van der Waals surface area contributed by atoms with E-state index in [0.717, 1.165) is 11.3 Å². The molecule has 3 rings (SSSR count). The molecule has 1 heterocycles. The van der Waals surface area contributed by atoms with Crippen LogP contribution in [0.5, 0.6) is 0 Å². The summed E-state index contributed by atoms with van der Waals surface area (Å²) in [6.45, 7) is -0.398. The smallest absolute Gasteiger partial charge is 0.337 e. The monoisotopic (exact) mass is 407 g/mol. The Bertz CT molecular complexity index is 1010. The van der Waals surface area contributed by atoms with E-state index < -0.39 is 24.5 Å². The molecule has 30 heavy (non-hydrogen) atoms. The van der Waals surface area contributed by atoms with E-state index in [1.165, 1.54) is 19.2 Å². The third-order valence-corrected chi connectivity index (χ3v) is 4.25. The van der Waals surface area contributed by atoms with Crippen LogP contribution in [0.2, 0.25) is 0 Å². The first-order valence-electron chi connectivity index (χ1n) is 9.33. The summed E-state index contributed by atoms with van der Waals surface area (Å²) in [5, 5.41) is 2.59. The van der Waals surface area contributed by atoms with Crippen LogP contribution in [-0.4, -0.2) is 31.6 Å². The molecule has 0 bridgehead atoms. The lowest BCUT2D eigenvalue weighted by molar-refractivity contribution is -0.147.